The van der Waals surface area contributed by atoms with Crippen LogP contribution in [0.15, 0.2) is 0 Å². The molecule has 0 rings (SSSR count). The molecule has 18 heavy (non-hydrogen) atoms. The van der Waals surface area contributed by atoms with Gasteiger partial charge in [0.15, 0.2) is 0 Å². The average Bonchev–Trinajstić information content (AvgIpc) is 2.35. The van der Waals surface area contributed by atoms with E-state index in [0.29, 0.717) is 6.42 Å². The molecule has 0 saturated carbocycles. The molecule has 0 aromatic heterocycles. The van der Waals surface area contributed by atoms with Crippen LogP contribution in [0.1, 0.15) is 84.0 Å². The van der Waals surface area contributed by atoms with Crippen molar-refractivity contribution in [2.75, 3.05) is 0 Å². The zero-order valence-electron chi connectivity index (χ0n) is 12.0. The molecule has 0 heterocycles. The number of hydrogen-bond acceptors (Lipinski definition) is 3. The van der Waals surface area contributed by atoms with Crippen molar-refractivity contribution in [3.63, 3.8) is 0 Å². The highest BCUT2D eigenvalue weighted by Gasteiger charge is 2.00. The molecule has 1 N–H and O–H groups in total. The van der Waals surface area contributed by atoms with Gasteiger partial charge in [-0.1, -0.05) is 71.1 Å². The molecule has 0 atom stereocenters. The smallest absolute Gasteiger partial charge is 0.301 e. The van der Waals surface area contributed by atoms with Gasteiger partial charge in [-0.15, -0.1) is 0 Å². The molecular weight excluding hydrogens is 240 g/mol. The molecule has 0 aromatic carbocycles. The molecule has 0 aliphatic heterocycles. The van der Waals surface area contributed by atoms with E-state index in [9.17, 15) is 4.79 Å². The Morgan fingerprint density at radius 1 is 0.833 bits per heavy atom. The van der Waals surface area contributed by atoms with Crippen LogP contribution in [-0.2, 0) is 9.68 Å². The second-order valence-electron chi connectivity index (χ2n) is 4.75. The van der Waals surface area contributed by atoms with E-state index in [1.54, 1.807) is 0 Å². The predicted molar refractivity (Wildman–Crippen MR) is 75.6 cm³/mol. The Morgan fingerprint density at radius 3 is 1.61 bits per heavy atom. The zero-order valence-corrected chi connectivity index (χ0v) is 13.4. The van der Waals surface area contributed by atoms with Gasteiger partial charge in [0, 0.05) is 29.5 Å². The minimum Gasteiger partial charge on any atom is -0.301 e. The molecule has 0 unspecified atom stereocenters. The van der Waals surface area contributed by atoms with Crippen LogP contribution in [0.2, 0.25) is 0 Å². The van der Waals surface area contributed by atoms with E-state index in [2.05, 4.69) is 11.8 Å². The Bertz CT molecular complexity index is 174. The van der Waals surface area contributed by atoms with Gasteiger partial charge in [0.2, 0.25) is 0 Å². The summed E-state index contributed by atoms with van der Waals surface area (Å²) in [5.74, 6) is -0.513. The Morgan fingerprint density at radius 2 is 1.22 bits per heavy atom. The fourth-order valence-corrected chi connectivity index (χ4v) is 1.98. The van der Waals surface area contributed by atoms with E-state index < -0.39 is 5.97 Å². The Balaban J connectivity index is 0. The lowest BCUT2D eigenvalue weighted by atomic mass is 10.1. The zero-order chi connectivity index (χ0) is 12.8. The first-order valence-corrected chi connectivity index (χ1v) is 7.15. The lowest BCUT2D eigenvalue weighted by Crippen LogP contribution is -1.99. The number of rotatable bonds is 12. The molecule has 0 fully saturated rings. The van der Waals surface area contributed by atoms with E-state index in [0.717, 1.165) is 12.8 Å². The predicted octanol–water partition coefficient (Wildman–Crippen LogP) is 4.32. The summed E-state index contributed by atoms with van der Waals surface area (Å²) in [6.45, 7) is 2.24. The van der Waals surface area contributed by atoms with Gasteiger partial charge in [-0.3, -0.25) is 0 Å². The van der Waals surface area contributed by atoms with Gasteiger partial charge in [-0.05, 0) is 6.42 Å². The normalized spacial score (nSPS) is 9.89. The molecule has 104 valence electrons. The molecule has 0 amide bonds. The molecule has 0 saturated heterocycles. The van der Waals surface area contributed by atoms with Crippen molar-refractivity contribution in [3.8, 4) is 0 Å². The first-order valence-electron chi connectivity index (χ1n) is 7.15. The molecule has 3 nitrogen and oxygen atoms in total. The van der Waals surface area contributed by atoms with E-state index >= 15 is 0 Å². The number of unbranched alkanes of at least 4 members (excludes halogenated alkanes) is 10. The third-order valence-electron chi connectivity index (χ3n) is 3.09. The minimum absolute atomic E-state index is 0. The fourth-order valence-electron chi connectivity index (χ4n) is 1.98. The van der Waals surface area contributed by atoms with Crippen LogP contribution in [0.3, 0.4) is 0 Å². The van der Waals surface area contributed by atoms with Gasteiger partial charge in [-0.2, -0.15) is 5.26 Å². The molecular formula is C14H28MgO3. The summed E-state index contributed by atoms with van der Waals surface area (Å²) in [6, 6.07) is 0. The molecule has 0 spiro atoms. The number of carbonyl (C=O) groups is 1. The lowest BCUT2D eigenvalue weighted by molar-refractivity contribution is -0.234. The van der Waals surface area contributed by atoms with Gasteiger partial charge >= 0.3 is 5.97 Å². The molecule has 4 heteroatoms. The van der Waals surface area contributed by atoms with Crippen LogP contribution >= 0.6 is 0 Å². The van der Waals surface area contributed by atoms with Crippen molar-refractivity contribution < 1.29 is 14.9 Å². The maximum absolute atomic E-state index is 10.6. The van der Waals surface area contributed by atoms with Gasteiger partial charge in [0.05, 0.1) is 0 Å². The van der Waals surface area contributed by atoms with E-state index in [4.69, 9.17) is 5.26 Å². The fraction of sp³-hybridized carbons (Fsp3) is 0.929. The van der Waals surface area contributed by atoms with Gasteiger partial charge in [-0.25, -0.2) is 4.79 Å². The Labute approximate surface area is 128 Å². The second-order valence-corrected chi connectivity index (χ2v) is 4.75. The highest BCUT2D eigenvalue weighted by molar-refractivity contribution is 5.75. The summed E-state index contributed by atoms with van der Waals surface area (Å²) in [7, 11) is 0. The van der Waals surface area contributed by atoms with Crippen molar-refractivity contribution in [3.05, 3.63) is 0 Å². The van der Waals surface area contributed by atoms with E-state index in [1.165, 1.54) is 57.8 Å². The summed E-state index contributed by atoms with van der Waals surface area (Å²) in [4.78, 5) is 14.2. The highest BCUT2D eigenvalue weighted by atomic mass is 24.3. The van der Waals surface area contributed by atoms with Crippen LogP contribution in [-0.4, -0.2) is 34.3 Å². The third-order valence-corrected chi connectivity index (χ3v) is 3.09. The molecule has 0 aliphatic carbocycles. The molecule has 2 radical (unpaired) electrons. The monoisotopic (exact) mass is 268 g/mol. The van der Waals surface area contributed by atoms with Gasteiger partial charge in [0.25, 0.3) is 0 Å². The summed E-state index contributed by atoms with van der Waals surface area (Å²) in [6.07, 6.45) is 14.2. The summed E-state index contributed by atoms with van der Waals surface area (Å²) in [5.41, 5.74) is 0. The van der Waals surface area contributed by atoms with E-state index in [1.807, 2.05) is 0 Å². The second kappa shape index (κ2) is 17.2. The maximum Gasteiger partial charge on any atom is 0.342 e. The highest BCUT2D eigenvalue weighted by Crippen LogP contribution is 2.11. The average molecular weight is 269 g/mol. The largest absolute Gasteiger partial charge is 0.342 e. The number of carbonyl (C=O) groups excluding carboxylic acids is 1. The van der Waals surface area contributed by atoms with Crippen molar-refractivity contribution in [2.45, 2.75) is 84.0 Å². The molecule has 0 bridgehead atoms. The molecule has 0 aromatic rings. The van der Waals surface area contributed by atoms with Crippen LogP contribution < -0.4 is 0 Å². The molecule has 0 aliphatic rings. The third kappa shape index (κ3) is 16.2. The summed E-state index contributed by atoms with van der Waals surface area (Å²) >= 11 is 0. The van der Waals surface area contributed by atoms with Gasteiger partial charge < -0.3 is 4.89 Å². The first-order chi connectivity index (χ1) is 8.31. The SMILES string of the molecule is CCCCCCCCCCCCCC(=O)OO.[Mg]. The topological polar surface area (TPSA) is 46.5 Å². The van der Waals surface area contributed by atoms with Crippen LogP contribution in [0.5, 0.6) is 0 Å². The minimum atomic E-state index is -0.513. The van der Waals surface area contributed by atoms with Crippen LogP contribution in [0.4, 0.5) is 0 Å². The first kappa shape index (κ1) is 20.5. The van der Waals surface area contributed by atoms with Crippen molar-refractivity contribution >= 4 is 29.0 Å². The standard InChI is InChI=1S/C14H28O3.Mg/c1-2-3-4-5-6-7-8-9-10-11-12-13-14(15)17-16;/h16H,2-13H2,1H3;. The number of hydrogen-bond donors (Lipinski definition) is 1. The van der Waals surface area contributed by atoms with Crippen molar-refractivity contribution in [1.82, 2.24) is 0 Å². The van der Waals surface area contributed by atoms with E-state index in [-0.39, 0.29) is 23.1 Å². The van der Waals surface area contributed by atoms with Crippen molar-refractivity contribution in [1.29, 1.82) is 0 Å². The van der Waals surface area contributed by atoms with Crippen molar-refractivity contribution in [2.24, 2.45) is 0 Å². The van der Waals surface area contributed by atoms with Crippen LogP contribution in [0, 0.1) is 0 Å². The summed E-state index contributed by atoms with van der Waals surface area (Å²) < 4.78 is 0. The summed E-state index contributed by atoms with van der Waals surface area (Å²) in [5, 5.41) is 8.05. The maximum atomic E-state index is 10.6. The van der Waals surface area contributed by atoms with Gasteiger partial charge in [0.1, 0.15) is 0 Å². The Hall–Kier alpha value is 0.196. The lowest BCUT2D eigenvalue weighted by Gasteiger charge is -2.01. The quantitative estimate of drug-likeness (QED) is 0.248. The Kier molecular flexibility index (Phi) is 19.6. The van der Waals surface area contributed by atoms with Crippen LogP contribution in [0.25, 0.3) is 0 Å².